The van der Waals surface area contributed by atoms with E-state index in [-0.39, 0.29) is 6.10 Å². The molecule has 1 aliphatic rings. The molecule has 3 aromatic heterocycles. The van der Waals surface area contributed by atoms with E-state index >= 15 is 0 Å². The summed E-state index contributed by atoms with van der Waals surface area (Å²) in [6, 6.07) is 15.6. The lowest BCUT2D eigenvalue weighted by Gasteiger charge is -2.14. The molecule has 0 amide bonds. The van der Waals surface area contributed by atoms with E-state index in [4.69, 9.17) is 10.00 Å². The average Bonchev–Trinajstić information content (AvgIpc) is 3.49. The number of hydrogen-bond donors (Lipinski definition) is 1. The lowest BCUT2D eigenvalue weighted by molar-refractivity contribution is 0.0953. The van der Waals surface area contributed by atoms with E-state index in [1.165, 1.54) is 11.8 Å². The molecule has 1 N–H and O–H groups in total. The molecule has 1 aliphatic heterocycles. The van der Waals surface area contributed by atoms with Gasteiger partial charge in [-0.25, -0.2) is 4.98 Å². The summed E-state index contributed by atoms with van der Waals surface area (Å²) in [4.78, 5) is 7.68. The topological polar surface area (TPSA) is 92.4 Å². The number of H-pyrrole nitrogens is 1. The predicted molar refractivity (Wildman–Crippen MR) is 109 cm³/mol. The molecule has 1 unspecified atom stereocenters. The molecule has 1 saturated heterocycles. The molecule has 7 nitrogen and oxygen atoms in total. The molecular formula is C21H18N6OS. The second-order valence-corrected chi connectivity index (χ2v) is 7.86. The summed E-state index contributed by atoms with van der Waals surface area (Å²) in [5.74, 6) is 0.803. The maximum absolute atomic E-state index is 9.13. The van der Waals surface area contributed by atoms with Gasteiger partial charge < -0.3 is 9.72 Å². The van der Waals surface area contributed by atoms with Crippen LogP contribution in [0.4, 0.5) is 0 Å². The molecule has 29 heavy (non-hydrogen) atoms. The van der Waals surface area contributed by atoms with Crippen LogP contribution in [-0.2, 0) is 11.3 Å². The van der Waals surface area contributed by atoms with Gasteiger partial charge in [0.1, 0.15) is 16.8 Å². The lowest BCUT2D eigenvalue weighted by Crippen LogP contribution is -2.16. The monoisotopic (exact) mass is 402 g/mol. The van der Waals surface area contributed by atoms with Gasteiger partial charge in [-0.05, 0) is 42.8 Å². The van der Waals surface area contributed by atoms with Gasteiger partial charge in [0, 0.05) is 29.3 Å². The average molecular weight is 402 g/mol. The number of aromatic nitrogens is 5. The minimum Gasteiger partial charge on any atom is -0.376 e. The van der Waals surface area contributed by atoms with E-state index in [1.807, 2.05) is 36.5 Å². The molecule has 4 heterocycles. The molecule has 144 valence electrons. The molecule has 8 heteroatoms. The van der Waals surface area contributed by atoms with Crippen LogP contribution >= 0.6 is 11.8 Å². The van der Waals surface area contributed by atoms with Crippen LogP contribution in [0.5, 0.6) is 0 Å². The zero-order valence-electron chi connectivity index (χ0n) is 15.6. The third-order valence-corrected chi connectivity index (χ3v) is 5.91. The highest BCUT2D eigenvalue weighted by Gasteiger charge is 2.23. The number of para-hydroxylation sites is 1. The van der Waals surface area contributed by atoms with Crippen molar-refractivity contribution < 1.29 is 4.74 Å². The SMILES string of the molecule is N#Cc1cccc(Sc2nnc(-c3c[nH]c4ccccc34)n2CC2CCCO2)n1. The van der Waals surface area contributed by atoms with Crippen molar-refractivity contribution in [3.63, 3.8) is 0 Å². The first-order chi connectivity index (χ1) is 14.3. The number of benzene rings is 1. The van der Waals surface area contributed by atoms with Crippen molar-refractivity contribution in [1.82, 2.24) is 24.7 Å². The van der Waals surface area contributed by atoms with Gasteiger partial charge in [-0.2, -0.15) is 5.26 Å². The Hall–Kier alpha value is -3.15. The molecule has 4 aromatic rings. The first kappa shape index (κ1) is 17.9. The standard InChI is InChI=1S/C21H18N6OS/c22-11-14-5-3-9-19(24-14)29-21-26-25-20(27(21)13-15-6-4-10-28-15)17-12-23-18-8-2-1-7-16(17)18/h1-3,5,7-9,12,15,23H,4,6,10,13H2. The number of fused-ring (bicyclic) bond motifs is 1. The highest BCUT2D eigenvalue weighted by atomic mass is 32.2. The number of nitrogens with zero attached hydrogens (tertiary/aromatic N) is 5. The van der Waals surface area contributed by atoms with Crippen molar-refractivity contribution in [2.24, 2.45) is 0 Å². The van der Waals surface area contributed by atoms with E-state index in [2.05, 4.69) is 36.9 Å². The van der Waals surface area contributed by atoms with Gasteiger partial charge >= 0.3 is 0 Å². The normalized spacial score (nSPS) is 16.3. The second kappa shape index (κ2) is 7.70. The molecule has 0 spiro atoms. The largest absolute Gasteiger partial charge is 0.376 e. The van der Waals surface area contributed by atoms with Crippen LogP contribution in [0.1, 0.15) is 18.5 Å². The van der Waals surface area contributed by atoms with Crippen molar-refractivity contribution in [3.8, 4) is 17.5 Å². The van der Waals surface area contributed by atoms with Crippen LogP contribution in [0, 0.1) is 11.3 Å². The van der Waals surface area contributed by atoms with Gasteiger partial charge in [-0.3, -0.25) is 4.57 Å². The Balaban J connectivity index is 1.57. The predicted octanol–water partition coefficient (Wildman–Crippen LogP) is 4.02. The summed E-state index contributed by atoms with van der Waals surface area (Å²) >= 11 is 1.41. The van der Waals surface area contributed by atoms with Gasteiger partial charge in [0.25, 0.3) is 0 Å². The summed E-state index contributed by atoms with van der Waals surface area (Å²) in [7, 11) is 0. The van der Waals surface area contributed by atoms with Gasteiger partial charge in [-0.1, -0.05) is 24.3 Å². The molecule has 1 atom stereocenters. The first-order valence-electron chi connectivity index (χ1n) is 9.48. The summed E-state index contributed by atoms with van der Waals surface area (Å²) < 4.78 is 7.98. The Labute approximate surface area is 171 Å². The summed E-state index contributed by atoms with van der Waals surface area (Å²) in [6.45, 7) is 1.48. The highest BCUT2D eigenvalue weighted by Crippen LogP contribution is 2.33. The van der Waals surface area contributed by atoms with Crippen LogP contribution in [-0.4, -0.2) is 37.4 Å². The van der Waals surface area contributed by atoms with E-state index in [0.717, 1.165) is 51.9 Å². The summed E-state index contributed by atoms with van der Waals surface area (Å²) in [5, 5.41) is 20.7. The van der Waals surface area contributed by atoms with Crippen molar-refractivity contribution in [2.45, 2.75) is 35.7 Å². The minimum atomic E-state index is 0.146. The maximum atomic E-state index is 9.13. The number of nitriles is 1. The van der Waals surface area contributed by atoms with Gasteiger partial charge in [0.15, 0.2) is 11.0 Å². The fourth-order valence-corrected chi connectivity index (χ4v) is 4.43. The molecule has 0 saturated carbocycles. The Morgan fingerprint density at radius 1 is 1.21 bits per heavy atom. The molecule has 0 radical (unpaired) electrons. The number of rotatable bonds is 5. The zero-order chi connectivity index (χ0) is 19.6. The van der Waals surface area contributed by atoms with Gasteiger partial charge in [0.2, 0.25) is 0 Å². The Morgan fingerprint density at radius 3 is 3.00 bits per heavy atom. The maximum Gasteiger partial charge on any atom is 0.197 e. The van der Waals surface area contributed by atoms with Gasteiger partial charge in [0.05, 0.1) is 12.6 Å². The quantitative estimate of drug-likeness (QED) is 0.542. The number of hydrogen-bond acceptors (Lipinski definition) is 6. The van der Waals surface area contributed by atoms with Crippen LogP contribution in [0.2, 0.25) is 0 Å². The number of nitrogens with one attached hydrogen (secondary N) is 1. The van der Waals surface area contributed by atoms with Crippen LogP contribution in [0.3, 0.4) is 0 Å². The third-order valence-electron chi connectivity index (χ3n) is 4.99. The van der Waals surface area contributed by atoms with Crippen molar-refractivity contribution >= 4 is 22.7 Å². The Morgan fingerprint density at radius 2 is 2.14 bits per heavy atom. The van der Waals surface area contributed by atoms with Crippen LogP contribution < -0.4 is 0 Å². The zero-order valence-corrected chi connectivity index (χ0v) is 16.4. The smallest absolute Gasteiger partial charge is 0.197 e. The minimum absolute atomic E-state index is 0.146. The number of aromatic amines is 1. The van der Waals surface area contributed by atoms with Crippen LogP contribution in [0.25, 0.3) is 22.3 Å². The number of pyridine rings is 1. The van der Waals surface area contributed by atoms with Crippen molar-refractivity contribution in [3.05, 3.63) is 54.4 Å². The fraction of sp³-hybridized carbons (Fsp3) is 0.238. The van der Waals surface area contributed by atoms with E-state index in [1.54, 1.807) is 6.07 Å². The van der Waals surface area contributed by atoms with E-state index < -0.39 is 0 Å². The summed E-state index contributed by atoms with van der Waals surface area (Å²) in [6.07, 6.45) is 4.22. The first-order valence-corrected chi connectivity index (χ1v) is 10.3. The molecule has 0 bridgehead atoms. The van der Waals surface area contributed by atoms with Crippen molar-refractivity contribution in [2.75, 3.05) is 6.61 Å². The Kier molecular flexibility index (Phi) is 4.76. The molecule has 5 rings (SSSR count). The molecule has 1 fully saturated rings. The molecule has 0 aliphatic carbocycles. The Bertz CT molecular complexity index is 1200. The van der Waals surface area contributed by atoms with E-state index in [9.17, 15) is 0 Å². The summed E-state index contributed by atoms with van der Waals surface area (Å²) in [5.41, 5.74) is 2.46. The van der Waals surface area contributed by atoms with Crippen molar-refractivity contribution in [1.29, 1.82) is 5.26 Å². The lowest BCUT2D eigenvalue weighted by atomic mass is 10.1. The second-order valence-electron chi connectivity index (χ2n) is 6.87. The molecular weight excluding hydrogens is 384 g/mol. The molecule has 1 aromatic carbocycles. The fourth-order valence-electron chi connectivity index (χ4n) is 3.60. The van der Waals surface area contributed by atoms with Gasteiger partial charge in [-0.15, -0.1) is 10.2 Å². The highest BCUT2D eigenvalue weighted by molar-refractivity contribution is 7.99. The third kappa shape index (κ3) is 3.50. The van der Waals surface area contributed by atoms with Crippen LogP contribution in [0.15, 0.2) is 58.8 Å². The van der Waals surface area contributed by atoms with E-state index in [0.29, 0.717) is 12.2 Å². The number of ether oxygens (including phenoxy) is 1.